The van der Waals surface area contributed by atoms with Crippen LogP contribution >= 0.6 is 0 Å². The Labute approximate surface area is 197 Å². The van der Waals surface area contributed by atoms with Crippen LogP contribution in [0.5, 0.6) is 5.75 Å². The first-order chi connectivity index (χ1) is 16.1. The zero-order chi connectivity index (χ0) is 24.5. The molecule has 1 atom stereocenters. The van der Waals surface area contributed by atoms with E-state index >= 15 is 0 Å². The van der Waals surface area contributed by atoms with E-state index in [1.54, 1.807) is 42.2 Å². The van der Waals surface area contributed by atoms with E-state index in [1.165, 1.54) is 12.1 Å². The molecular weight excluding hydrogens is 439 g/mol. The maximum absolute atomic E-state index is 13.1. The maximum Gasteiger partial charge on any atom is 0.410 e. The molecule has 34 heavy (non-hydrogen) atoms. The monoisotopic (exact) mass is 468 g/mol. The van der Waals surface area contributed by atoms with E-state index in [0.717, 1.165) is 5.56 Å². The van der Waals surface area contributed by atoms with Gasteiger partial charge in [-0.25, -0.2) is 9.18 Å². The zero-order valence-electron chi connectivity index (χ0n) is 19.8. The van der Waals surface area contributed by atoms with Crippen molar-refractivity contribution in [1.82, 2.24) is 10.2 Å². The number of aryl methyl sites for hydroxylation is 1. The van der Waals surface area contributed by atoms with Crippen molar-refractivity contribution in [3.05, 3.63) is 65.2 Å². The molecular formula is C26H29FN2O5. The lowest BCUT2D eigenvalue weighted by molar-refractivity contribution is 0.0290. The van der Waals surface area contributed by atoms with Gasteiger partial charge in [0.15, 0.2) is 0 Å². The Morgan fingerprint density at radius 2 is 1.91 bits per heavy atom. The molecule has 1 saturated heterocycles. The number of nitrogens with zero attached hydrogens (tertiary/aromatic N) is 1. The molecule has 1 aliphatic rings. The van der Waals surface area contributed by atoms with Gasteiger partial charge < -0.3 is 24.1 Å². The van der Waals surface area contributed by atoms with Crippen molar-refractivity contribution in [2.75, 3.05) is 13.1 Å². The van der Waals surface area contributed by atoms with Gasteiger partial charge in [0.1, 0.15) is 35.1 Å². The molecule has 1 unspecified atom stereocenters. The highest BCUT2D eigenvalue weighted by Gasteiger charge is 2.31. The third-order valence-electron chi connectivity index (χ3n) is 5.56. The molecule has 2 aromatic carbocycles. The molecule has 1 N–H and O–H groups in total. The molecule has 8 heteroatoms. The number of fused-ring (bicyclic) bond motifs is 1. The Morgan fingerprint density at radius 1 is 1.18 bits per heavy atom. The number of carbonyl (C=O) groups excluding carboxylic acids is 2. The second-order valence-electron chi connectivity index (χ2n) is 9.49. The summed E-state index contributed by atoms with van der Waals surface area (Å²) in [5, 5.41) is 3.67. The molecule has 180 valence electrons. The molecule has 0 radical (unpaired) electrons. The lowest BCUT2D eigenvalue weighted by atomic mass is 10.1. The lowest BCUT2D eigenvalue weighted by Crippen LogP contribution is -2.40. The molecule has 0 bridgehead atoms. The van der Waals surface area contributed by atoms with Crippen LogP contribution in [0.1, 0.15) is 48.9 Å². The normalized spacial score (nSPS) is 16.0. The van der Waals surface area contributed by atoms with Crippen LogP contribution in [0, 0.1) is 12.7 Å². The minimum Gasteiger partial charge on any atom is -0.489 e. The molecule has 1 fully saturated rings. The number of furan rings is 1. The van der Waals surface area contributed by atoms with Gasteiger partial charge in [0.2, 0.25) is 0 Å². The predicted octanol–water partition coefficient (Wildman–Crippen LogP) is 5.20. The van der Waals surface area contributed by atoms with E-state index in [0.29, 0.717) is 47.6 Å². The average molecular weight is 469 g/mol. The van der Waals surface area contributed by atoms with Crippen molar-refractivity contribution in [3.63, 3.8) is 0 Å². The number of ether oxygens (including phenoxy) is 2. The summed E-state index contributed by atoms with van der Waals surface area (Å²) in [5.41, 5.74) is 1.29. The van der Waals surface area contributed by atoms with Gasteiger partial charge in [0.05, 0.1) is 5.56 Å². The Kier molecular flexibility index (Phi) is 6.50. The summed E-state index contributed by atoms with van der Waals surface area (Å²) in [6, 6.07) is 11.2. The van der Waals surface area contributed by atoms with E-state index in [1.807, 2.05) is 20.8 Å². The van der Waals surface area contributed by atoms with Gasteiger partial charge in [-0.1, -0.05) is 12.1 Å². The maximum atomic E-state index is 13.1. The molecule has 1 aromatic heterocycles. The van der Waals surface area contributed by atoms with Crippen LogP contribution < -0.4 is 10.1 Å². The first-order valence-electron chi connectivity index (χ1n) is 11.3. The van der Waals surface area contributed by atoms with Crippen molar-refractivity contribution in [2.24, 2.45) is 0 Å². The minimum atomic E-state index is -0.568. The van der Waals surface area contributed by atoms with Crippen molar-refractivity contribution < 1.29 is 27.9 Å². The summed E-state index contributed by atoms with van der Waals surface area (Å²) >= 11 is 0. The number of rotatable bonds is 5. The lowest BCUT2D eigenvalue weighted by Gasteiger charge is -2.24. The molecule has 2 amide bonds. The Bertz CT molecular complexity index is 1200. The number of nitrogens with one attached hydrogen (secondary N) is 1. The molecule has 2 heterocycles. The van der Waals surface area contributed by atoms with Crippen LogP contribution in [-0.2, 0) is 11.3 Å². The highest BCUT2D eigenvalue weighted by molar-refractivity contribution is 6.07. The van der Waals surface area contributed by atoms with Crippen LogP contribution in [0.4, 0.5) is 9.18 Å². The van der Waals surface area contributed by atoms with Gasteiger partial charge in [0.25, 0.3) is 5.91 Å². The van der Waals surface area contributed by atoms with Gasteiger partial charge in [0, 0.05) is 24.5 Å². The van der Waals surface area contributed by atoms with Gasteiger partial charge in [-0.15, -0.1) is 0 Å². The Balaban J connectivity index is 1.44. The zero-order valence-corrected chi connectivity index (χ0v) is 19.8. The van der Waals surface area contributed by atoms with E-state index in [-0.39, 0.29) is 30.5 Å². The number of likely N-dealkylation sites (tertiary alicyclic amines) is 1. The second kappa shape index (κ2) is 9.37. The molecule has 1 aliphatic heterocycles. The SMILES string of the molecule is Cc1oc2ccc(OCc3ccc(F)cc3)cc2c1C(=O)NC1CCN(C(=O)OC(C)(C)C)C1. The fraction of sp³-hybridized carbons (Fsp3) is 0.385. The van der Waals surface area contributed by atoms with E-state index in [4.69, 9.17) is 13.9 Å². The molecule has 7 nitrogen and oxygen atoms in total. The second-order valence-corrected chi connectivity index (χ2v) is 9.49. The summed E-state index contributed by atoms with van der Waals surface area (Å²) in [7, 11) is 0. The van der Waals surface area contributed by atoms with E-state index in [2.05, 4.69) is 5.32 Å². The van der Waals surface area contributed by atoms with Crippen LogP contribution in [0.15, 0.2) is 46.9 Å². The number of halogens is 1. The number of hydrogen-bond donors (Lipinski definition) is 1. The summed E-state index contributed by atoms with van der Waals surface area (Å²) < 4.78 is 30.2. The largest absolute Gasteiger partial charge is 0.489 e. The first-order valence-corrected chi connectivity index (χ1v) is 11.3. The van der Waals surface area contributed by atoms with E-state index in [9.17, 15) is 14.0 Å². The van der Waals surface area contributed by atoms with Crippen molar-refractivity contribution >= 4 is 23.0 Å². The Hall–Kier alpha value is -3.55. The first kappa shape index (κ1) is 23.6. The summed E-state index contributed by atoms with van der Waals surface area (Å²) in [4.78, 5) is 27.1. The molecule has 3 aromatic rings. The fourth-order valence-electron chi connectivity index (χ4n) is 3.95. The van der Waals surface area contributed by atoms with Gasteiger partial charge >= 0.3 is 6.09 Å². The molecule has 0 aliphatic carbocycles. The van der Waals surface area contributed by atoms with Gasteiger partial charge in [-0.05, 0) is 70.0 Å². The number of carbonyl (C=O) groups is 2. The van der Waals surface area contributed by atoms with Crippen LogP contribution in [0.25, 0.3) is 11.0 Å². The van der Waals surface area contributed by atoms with Crippen LogP contribution in [0.3, 0.4) is 0 Å². The third kappa shape index (κ3) is 5.50. The smallest absolute Gasteiger partial charge is 0.410 e. The van der Waals surface area contributed by atoms with Crippen LogP contribution in [-0.4, -0.2) is 41.6 Å². The van der Waals surface area contributed by atoms with Gasteiger partial charge in [-0.3, -0.25) is 4.79 Å². The third-order valence-corrected chi connectivity index (χ3v) is 5.56. The Morgan fingerprint density at radius 3 is 2.62 bits per heavy atom. The number of benzene rings is 2. The topological polar surface area (TPSA) is 81.0 Å². The van der Waals surface area contributed by atoms with Crippen LogP contribution in [0.2, 0.25) is 0 Å². The van der Waals surface area contributed by atoms with Crippen molar-refractivity contribution in [1.29, 1.82) is 0 Å². The van der Waals surface area contributed by atoms with E-state index < -0.39 is 5.60 Å². The quantitative estimate of drug-likeness (QED) is 0.557. The summed E-state index contributed by atoms with van der Waals surface area (Å²) in [6.07, 6.45) is 0.267. The summed E-state index contributed by atoms with van der Waals surface area (Å²) in [6.45, 7) is 8.40. The number of hydrogen-bond acceptors (Lipinski definition) is 5. The highest BCUT2D eigenvalue weighted by atomic mass is 19.1. The molecule has 0 spiro atoms. The van der Waals surface area contributed by atoms with Crippen molar-refractivity contribution in [2.45, 2.75) is 52.4 Å². The highest BCUT2D eigenvalue weighted by Crippen LogP contribution is 2.30. The average Bonchev–Trinajstić information content (AvgIpc) is 3.35. The minimum absolute atomic E-state index is 0.178. The standard InChI is InChI=1S/C26H29FN2O5/c1-16-23(24(30)28-19-11-12-29(14-19)25(31)34-26(2,3)4)21-13-20(9-10-22(21)33-16)32-15-17-5-7-18(27)8-6-17/h5-10,13,19H,11-12,14-15H2,1-4H3,(H,28,30). The summed E-state index contributed by atoms with van der Waals surface area (Å²) in [5.74, 6) is 0.517. The van der Waals surface area contributed by atoms with Gasteiger partial charge in [-0.2, -0.15) is 0 Å². The number of amides is 2. The van der Waals surface area contributed by atoms with Crippen molar-refractivity contribution in [3.8, 4) is 5.75 Å². The fourth-order valence-corrected chi connectivity index (χ4v) is 3.95. The molecule has 4 rings (SSSR count). The predicted molar refractivity (Wildman–Crippen MR) is 125 cm³/mol. The molecule has 0 saturated carbocycles.